The number of carbonyl (C=O) groups is 1. The number of aliphatic carboxylic acids is 1. The SMILES string of the molecule is CCCCC(C(=O)O)S(=O)CC1CCCC1. The van der Waals surface area contributed by atoms with Crippen molar-refractivity contribution in [1.82, 2.24) is 0 Å². The van der Waals surface area contributed by atoms with Crippen LogP contribution in [0.15, 0.2) is 0 Å². The summed E-state index contributed by atoms with van der Waals surface area (Å²) in [5, 5.41) is 8.41. The van der Waals surface area contributed by atoms with Crippen LogP contribution >= 0.6 is 0 Å². The lowest BCUT2D eigenvalue weighted by Gasteiger charge is -2.14. The van der Waals surface area contributed by atoms with Gasteiger partial charge in [-0.3, -0.25) is 9.00 Å². The summed E-state index contributed by atoms with van der Waals surface area (Å²) in [6.07, 6.45) is 7.07. The van der Waals surface area contributed by atoms with Crippen LogP contribution in [0.25, 0.3) is 0 Å². The molecule has 1 rings (SSSR count). The van der Waals surface area contributed by atoms with E-state index in [1.807, 2.05) is 6.92 Å². The van der Waals surface area contributed by atoms with Crippen molar-refractivity contribution >= 4 is 16.8 Å². The van der Waals surface area contributed by atoms with Crippen molar-refractivity contribution in [2.75, 3.05) is 5.75 Å². The number of hydrogen-bond donors (Lipinski definition) is 1. The molecule has 3 nitrogen and oxygen atoms in total. The maximum absolute atomic E-state index is 12.0. The zero-order valence-electron chi connectivity index (χ0n) is 9.98. The number of unbranched alkanes of at least 4 members (excludes halogenated alkanes) is 1. The molecule has 1 aliphatic rings. The van der Waals surface area contributed by atoms with Gasteiger partial charge in [0, 0.05) is 16.6 Å². The van der Waals surface area contributed by atoms with E-state index < -0.39 is 22.0 Å². The standard InChI is InChI=1S/C12H22O3S/c1-2-3-8-11(12(13)14)16(15)9-10-6-4-5-7-10/h10-11H,2-9H2,1H3,(H,13,14). The molecule has 2 atom stereocenters. The molecule has 0 heterocycles. The van der Waals surface area contributed by atoms with Gasteiger partial charge in [0.25, 0.3) is 0 Å². The first-order valence-corrected chi connectivity index (χ1v) is 7.63. The molecule has 1 fully saturated rings. The van der Waals surface area contributed by atoms with Crippen molar-refractivity contribution in [2.45, 2.75) is 57.1 Å². The fourth-order valence-corrected chi connectivity index (χ4v) is 3.97. The van der Waals surface area contributed by atoms with Crippen LogP contribution < -0.4 is 0 Å². The maximum Gasteiger partial charge on any atom is 0.319 e. The maximum atomic E-state index is 12.0. The van der Waals surface area contributed by atoms with Crippen LogP contribution in [0.4, 0.5) is 0 Å². The van der Waals surface area contributed by atoms with Gasteiger partial charge in [0.1, 0.15) is 5.25 Å². The monoisotopic (exact) mass is 246 g/mol. The predicted octanol–water partition coefficient (Wildman–Crippen LogP) is 2.57. The molecule has 0 amide bonds. The Labute approximate surface area is 100 Å². The Morgan fingerprint density at radius 2 is 2.06 bits per heavy atom. The molecule has 0 saturated heterocycles. The summed E-state index contributed by atoms with van der Waals surface area (Å²) in [4.78, 5) is 11.0. The summed E-state index contributed by atoms with van der Waals surface area (Å²) in [7, 11) is -1.18. The topological polar surface area (TPSA) is 54.4 Å². The fraction of sp³-hybridized carbons (Fsp3) is 0.917. The lowest BCUT2D eigenvalue weighted by Crippen LogP contribution is -2.29. The van der Waals surface area contributed by atoms with E-state index in [4.69, 9.17) is 5.11 Å². The van der Waals surface area contributed by atoms with Crippen molar-refractivity contribution < 1.29 is 14.1 Å². The van der Waals surface area contributed by atoms with Crippen molar-refractivity contribution in [1.29, 1.82) is 0 Å². The molecular formula is C12H22O3S. The van der Waals surface area contributed by atoms with Gasteiger partial charge in [0.15, 0.2) is 0 Å². The van der Waals surface area contributed by atoms with E-state index in [1.54, 1.807) is 0 Å². The molecule has 0 aromatic heterocycles. The van der Waals surface area contributed by atoms with E-state index in [0.29, 0.717) is 18.1 Å². The van der Waals surface area contributed by atoms with Crippen molar-refractivity contribution in [3.8, 4) is 0 Å². The highest BCUT2D eigenvalue weighted by Gasteiger charge is 2.27. The van der Waals surface area contributed by atoms with Crippen LogP contribution in [0, 0.1) is 5.92 Å². The smallest absolute Gasteiger partial charge is 0.319 e. The fourth-order valence-electron chi connectivity index (χ4n) is 2.28. The normalized spacial score (nSPS) is 20.8. The molecule has 2 unspecified atom stereocenters. The van der Waals surface area contributed by atoms with E-state index in [-0.39, 0.29) is 0 Å². The van der Waals surface area contributed by atoms with Crippen molar-refractivity contribution in [3.05, 3.63) is 0 Å². The van der Waals surface area contributed by atoms with Crippen LogP contribution in [-0.2, 0) is 15.6 Å². The van der Waals surface area contributed by atoms with Gasteiger partial charge in [-0.1, -0.05) is 32.6 Å². The second kappa shape index (κ2) is 7.05. The molecule has 94 valence electrons. The number of hydrogen-bond acceptors (Lipinski definition) is 2. The van der Waals surface area contributed by atoms with E-state index >= 15 is 0 Å². The predicted molar refractivity (Wildman–Crippen MR) is 65.9 cm³/mol. The zero-order chi connectivity index (χ0) is 12.0. The first-order valence-electron chi connectivity index (χ1n) is 6.25. The van der Waals surface area contributed by atoms with Gasteiger partial charge < -0.3 is 5.11 Å². The second-order valence-electron chi connectivity index (χ2n) is 4.67. The van der Waals surface area contributed by atoms with Gasteiger partial charge in [-0.05, 0) is 25.2 Å². The van der Waals surface area contributed by atoms with Crippen molar-refractivity contribution in [3.63, 3.8) is 0 Å². The molecule has 0 spiro atoms. The minimum Gasteiger partial charge on any atom is -0.480 e. The van der Waals surface area contributed by atoms with Crippen LogP contribution in [-0.4, -0.2) is 26.3 Å². The van der Waals surface area contributed by atoms with E-state index in [0.717, 1.165) is 25.7 Å². The summed E-state index contributed by atoms with van der Waals surface area (Å²) < 4.78 is 12.0. The Balaban J connectivity index is 2.42. The van der Waals surface area contributed by atoms with Gasteiger partial charge in [-0.25, -0.2) is 0 Å². The molecule has 0 aromatic rings. The Morgan fingerprint density at radius 3 is 2.56 bits per heavy atom. The van der Waals surface area contributed by atoms with Gasteiger partial charge >= 0.3 is 5.97 Å². The number of carboxylic acids is 1. The molecule has 1 saturated carbocycles. The minimum atomic E-state index is -1.18. The Kier molecular flexibility index (Phi) is 6.03. The Hall–Kier alpha value is -0.380. The summed E-state index contributed by atoms with van der Waals surface area (Å²) in [6.45, 7) is 2.03. The van der Waals surface area contributed by atoms with E-state index in [9.17, 15) is 9.00 Å². The van der Waals surface area contributed by atoms with Gasteiger partial charge in [0.2, 0.25) is 0 Å². The molecule has 0 bridgehead atoms. The molecule has 0 aromatic carbocycles. The quantitative estimate of drug-likeness (QED) is 0.751. The average Bonchev–Trinajstić information content (AvgIpc) is 2.70. The first-order chi connectivity index (χ1) is 7.65. The third-order valence-electron chi connectivity index (χ3n) is 3.29. The highest BCUT2D eigenvalue weighted by Crippen LogP contribution is 2.26. The molecule has 1 N–H and O–H groups in total. The summed E-state index contributed by atoms with van der Waals surface area (Å²) >= 11 is 0. The first kappa shape index (κ1) is 13.7. The highest BCUT2D eigenvalue weighted by molar-refractivity contribution is 7.86. The van der Waals surface area contributed by atoms with Gasteiger partial charge in [-0.15, -0.1) is 0 Å². The lowest BCUT2D eigenvalue weighted by molar-refractivity contribution is -0.136. The Bertz CT molecular complexity index is 247. The van der Waals surface area contributed by atoms with Crippen LogP contribution in [0.2, 0.25) is 0 Å². The molecule has 4 heteroatoms. The van der Waals surface area contributed by atoms with Gasteiger partial charge in [-0.2, -0.15) is 0 Å². The molecular weight excluding hydrogens is 224 g/mol. The number of carboxylic acid groups (broad SMARTS) is 1. The summed E-state index contributed by atoms with van der Waals surface area (Å²) in [5.41, 5.74) is 0. The molecule has 16 heavy (non-hydrogen) atoms. The molecule has 0 radical (unpaired) electrons. The summed E-state index contributed by atoms with van der Waals surface area (Å²) in [6, 6.07) is 0. The van der Waals surface area contributed by atoms with E-state index in [1.165, 1.54) is 12.8 Å². The van der Waals surface area contributed by atoms with Crippen LogP contribution in [0.5, 0.6) is 0 Å². The third-order valence-corrected chi connectivity index (χ3v) is 5.16. The van der Waals surface area contributed by atoms with Gasteiger partial charge in [0.05, 0.1) is 0 Å². The van der Waals surface area contributed by atoms with Crippen LogP contribution in [0.1, 0.15) is 51.9 Å². The largest absolute Gasteiger partial charge is 0.480 e. The molecule has 1 aliphatic carbocycles. The molecule has 0 aliphatic heterocycles. The second-order valence-corrected chi connectivity index (χ2v) is 6.33. The lowest BCUT2D eigenvalue weighted by atomic mass is 10.1. The van der Waals surface area contributed by atoms with E-state index in [2.05, 4.69) is 0 Å². The zero-order valence-corrected chi connectivity index (χ0v) is 10.8. The third kappa shape index (κ3) is 4.24. The average molecular weight is 246 g/mol. The summed E-state index contributed by atoms with van der Waals surface area (Å²) in [5.74, 6) is 0.217. The Morgan fingerprint density at radius 1 is 1.44 bits per heavy atom. The number of rotatable bonds is 7. The van der Waals surface area contributed by atoms with Crippen LogP contribution in [0.3, 0.4) is 0 Å². The highest BCUT2D eigenvalue weighted by atomic mass is 32.2. The van der Waals surface area contributed by atoms with Crippen molar-refractivity contribution in [2.24, 2.45) is 5.92 Å². The minimum absolute atomic E-state index is 0.504.